The molecule has 0 aliphatic heterocycles. The quantitative estimate of drug-likeness (QED) is 0.0438. The first-order valence-corrected chi connectivity index (χ1v) is 22.2. The second-order valence-corrected chi connectivity index (χ2v) is 15.9. The van der Waals surface area contributed by atoms with Crippen molar-refractivity contribution in [1.82, 2.24) is 0 Å². The highest BCUT2D eigenvalue weighted by molar-refractivity contribution is 7.53. The Kier molecular flexibility index (Phi) is 25.1. The van der Waals surface area contributed by atoms with Crippen LogP contribution >= 0.6 is 17.2 Å². The van der Waals surface area contributed by atoms with Crippen molar-refractivity contribution in [3.63, 3.8) is 0 Å². The third kappa shape index (κ3) is 14.2. The van der Waals surface area contributed by atoms with Crippen LogP contribution in [0.1, 0.15) is 163 Å². The second-order valence-electron chi connectivity index (χ2n) is 14.3. The Hall–Kier alpha value is -1.06. The lowest BCUT2D eigenvalue weighted by molar-refractivity contribution is -0.137. The molecule has 0 atom stereocenters. The molecule has 0 bridgehead atoms. The van der Waals surface area contributed by atoms with E-state index in [2.05, 4.69) is 70.1 Å². The molecule has 0 aliphatic carbocycles. The summed E-state index contributed by atoms with van der Waals surface area (Å²) in [5.74, 6) is 0. The molecule has 0 saturated heterocycles. The Morgan fingerprint density at radius 2 is 0.712 bits per heavy atom. The van der Waals surface area contributed by atoms with Crippen molar-refractivity contribution in [2.24, 2.45) is 5.41 Å². The molecular formula is C41H72O9P2. The molecule has 0 unspecified atom stereocenters. The number of unbranched alkanes of at least 4 members (excludes halogenated alkanes) is 6. The summed E-state index contributed by atoms with van der Waals surface area (Å²) in [5.41, 5.74) is 5.37. The van der Waals surface area contributed by atoms with Gasteiger partial charge in [-0.25, -0.2) is 4.31 Å². The molecule has 0 spiro atoms. The molecule has 0 fully saturated rings. The van der Waals surface area contributed by atoms with E-state index in [4.69, 9.17) is 19.6 Å². The molecule has 2 aromatic rings. The van der Waals surface area contributed by atoms with E-state index < -0.39 is 48.0 Å². The van der Waals surface area contributed by atoms with E-state index in [-0.39, 0.29) is 0 Å². The highest BCUT2D eigenvalue weighted by Crippen LogP contribution is 2.51. The monoisotopic (exact) mass is 770 g/mol. The Balaban J connectivity index is 0.00000174. The average Bonchev–Trinajstić information content (AvgIpc) is 3.12. The highest BCUT2D eigenvalue weighted by Gasteiger charge is 2.55. The Labute approximate surface area is 317 Å². The van der Waals surface area contributed by atoms with Gasteiger partial charge in [-0.1, -0.05) is 104 Å². The normalized spacial score (nSPS) is 12.2. The number of aliphatic hydroxyl groups excluding tert-OH is 3. The van der Waals surface area contributed by atoms with Crippen molar-refractivity contribution in [3.8, 4) is 0 Å². The van der Waals surface area contributed by atoms with E-state index in [1.807, 2.05) is 0 Å². The molecule has 0 radical (unpaired) electrons. The molecule has 300 valence electrons. The van der Waals surface area contributed by atoms with Crippen LogP contribution in [0.2, 0.25) is 0 Å². The lowest BCUT2D eigenvalue weighted by atomic mass is 9.60. The summed E-state index contributed by atoms with van der Waals surface area (Å²) >= 11 is 0. The summed E-state index contributed by atoms with van der Waals surface area (Å²) in [5, 5.41) is 47.3. The summed E-state index contributed by atoms with van der Waals surface area (Å²) < 4.78 is 3.60. The van der Waals surface area contributed by atoms with Crippen LogP contribution in [0.4, 0.5) is 0 Å². The van der Waals surface area contributed by atoms with Crippen LogP contribution in [-0.2, 0) is 48.4 Å². The summed E-state index contributed by atoms with van der Waals surface area (Å²) in [4.78, 5) is 31.3. The maximum Gasteiger partial charge on any atom is 0.334 e. The number of aliphatic hydroxyl groups is 4. The molecule has 9 nitrogen and oxygen atoms in total. The van der Waals surface area contributed by atoms with Gasteiger partial charge in [-0.2, -0.15) is 0 Å². The number of hydrogen-bond acceptors (Lipinski definition) is 9. The molecule has 2 rings (SSSR count). The first-order valence-electron chi connectivity index (χ1n) is 19.8. The van der Waals surface area contributed by atoms with Crippen LogP contribution in [0.3, 0.4) is 0 Å². The van der Waals surface area contributed by atoms with E-state index in [1.165, 1.54) is 11.1 Å². The third-order valence-corrected chi connectivity index (χ3v) is 11.3. The second kappa shape index (κ2) is 26.7. The SMILES string of the molecule is CCCCc1cc(CCCC)c(C(O)(c2c(CCCC)cc(CCCC)cc2CCCC)C(CO)(CO)CO)c(CCCC)c1.OP(O)OP(O)O. The van der Waals surface area contributed by atoms with Gasteiger partial charge in [-0.05, 0) is 122 Å². The van der Waals surface area contributed by atoms with Crippen molar-refractivity contribution in [2.45, 2.75) is 163 Å². The van der Waals surface area contributed by atoms with E-state index in [9.17, 15) is 20.4 Å². The maximum atomic E-state index is 13.8. The molecule has 2 aromatic carbocycles. The molecule has 11 heteroatoms. The predicted molar refractivity (Wildman–Crippen MR) is 215 cm³/mol. The predicted octanol–water partition coefficient (Wildman–Crippen LogP) is 8.37. The van der Waals surface area contributed by atoms with Crippen molar-refractivity contribution in [3.05, 3.63) is 68.8 Å². The molecule has 8 N–H and O–H groups in total. The zero-order valence-electron chi connectivity index (χ0n) is 33.0. The Bertz CT molecular complexity index is 1100. The van der Waals surface area contributed by atoms with Gasteiger partial charge in [0.25, 0.3) is 0 Å². The molecule has 0 amide bonds. The number of aryl methyl sites for hydroxylation is 6. The van der Waals surface area contributed by atoms with Gasteiger partial charge in [-0.3, -0.25) is 0 Å². The van der Waals surface area contributed by atoms with Crippen LogP contribution in [0.15, 0.2) is 24.3 Å². The number of rotatable bonds is 26. The van der Waals surface area contributed by atoms with E-state index in [1.54, 1.807) is 0 Å². The van der Waals surface area contributed by atoms with E-state index in [0.29, 0.717) is 0 Å². The molecule has 52 heavy (non-hydrogen) atoms. The number of benzene rings is 2. The minimum atomic E-state index is -2.61. The fourth-order valence-corrected chi connectivity index (χ4v) is 7.65. The van der Waals surface area contributed by atoms with Crippen molar-refractivity contribution >= 4 is 17.2 Å². The van der Waals surface area contributed by atoms with Gasteiger partial charge in [0.1, 0.15) is 5.60 Å². The smallest absolute Gasteiger partial charge is 0.334 e. The molecular weight excluding hydrogens is 698 g/mol. The third-order valence-electron chi connectivity index (χ3n) is 10.1. The first kappa shape index (κ1) is 49.0. The van der Waals surface area contributed by atoms with Crippen molar-refractivity contribution in [2.75, 3.05) is 19.8 Å². The standard InChI is InChI=1S/C41H68O4.H4O5P2/c1-7-13-19-32-25-34(21-15-9-3)38(35(26-32)22-16-10-4)41(45,40(29-42,30-43)31-44)39-36(23-17-11-5)27-33(20-14-8-2)28-37(39)24-18-12-6;1-6(2)5-7(3)4/h25-28,42-45H,7-24,29-31H2,1-6H3;1-4H. The van der Waals surface area contributed by atoms with Crippen molar-refractivity contribution in [1.29, 1.82) is 0 Å². The van der Waals surface area contributed by atoms with Gasteiger partial charge in [0.05, 0.1) is 25.2 Å². The molecule has 0 aliphatic rings. The minimum Gasteiger partial charge on any atom is -0.395 e. The zero-order chi connectivity index (χ0) is 39.2. The van der Waals surface area contributed by atoms with Crippen LogP contribution in [0, 0.1) is 5.41 Å². The van der Waals surface area contributed by atoms with Crippen LogP contribution in [0.5, 0.6) is 0 Å². The lowest BCUT2D eigenvalue weighted by Crippen LogP contribution is -2.55. The van der Waals surface area contributed by atoms with Gasteiger partial charge in [0.2, 0.25) is 0 Å². The van der Waals surface area contributed by atoms with E-state index >= 15 is 0 Å². The zero-order valence-corrected chi connectivity index (χ0v) is 34.8. The van der Waals surface area contributed by atoms with E-state index in [0.717, 1.165) is 149 Å². The summed E-state index contributed by atoms with van der Waals surface area (Å²) in [6, 6.07) is 9.19. The average molecular weight is 771 g/mol. The maximum absolute atomic E-state index is 13.8. The lowest BCUT2D eigenvalue weighted by Gasteiger charge is -2.48. The Morgan fingerprint density at radius 1 is 0.462 bits per heavy atom. The molecule has 0 heterocycles. The minimum absolute atomic E-state index is 0.521. The van der Waals surface area contributed by atoms with Crippen LogP contribution in [0.25, 0.3) is 0 Å². The largest absolute Gasteiger partial charge is 0.395 e. The fourth-order valence-electron chi connectivity index (χ4n) is 7.13. The van der Waals surface area contributed by atoms with Crippen LogP contribution < -0.4 is 0 Å². The van der Waals surface area contributed by atoms with Gasteiger partial charge in [0, 0.05) is 0 Å². The molecule has 0 aromatic heterocycles. The summed E-state index contributed by atoms with van der Waals surface area (Å²) in [6.07, 6.45) is 17.8. The topological polar surface area (TPSA) is 171 Å². The summed E-state index contributed by atoms with van der Waals surface area (Å²) in [6.45, 7) is 11.7. The summed E-state index contributed by atoms with van der Waals surface area (Å²) in [7, 11) is -5.22. The van der Waals surface area contributed by atoms with Crippen LogP contribution in [-0.4, -0.2) is 59.8 Å². The van der Waals surface area contributed by atoms with Gasteiger partial charge < -0.3 is 40.0 Å². The van der Waals surface area contributed by atoms with Crippen molar-refractivity contribution < 1.29 is 44.3 Å². The number of hydrogen-bond donors (Lipinski definition) is 8. The highest BCUT2D eigenvalue weighted by atomic mass is 31.2. The fraction of sp³-hybridized carbons (Fsp3) is 0.707. The van der Waals surface area contributed by atoms with Gasteiger partial charge in [-0.15, -0.1) is 0 Å². The molecule has 0 saturated carbocycles. The van der Waals surface area contributed by atoms with Gasteiger partial charge >= 0.3 is 17.2 Å². The Morgan fingerprint density at radius 3 is 0.904 bits per heavy atom. The van der Waals surface area contributed by atoms with Gasteiger partial charge in [0.15, 0.2) is 0 Å². The first-order chi connectivity index (χ1) is 24.9.